The van der Waals surface area contributed by atoms with Crippen molar-refractivity contribution in [3.8, 4) is 0 Å². The van der Waals surface area contributed by atoms with Crippen molar-refractivity contribution in [3.63, 3.8) is 0 Å². The van der Waals surface area contributed by atoms with Crippen LogP contribution in [0.4, 0.5) is 5.13 Å². The number of nitrogens with zero attached hydrogens (tertiary/aromatic N) is 2. The number of thiazole rings is 1. The molecule has 2 atom stereocenters. The summed E-state index contributed by atoms with van der Waals surface area (Å²) in [7, 11) is 3.85. The third kappa shape index (κ3) is 4.43. The highest BCUT2D eigenvalue weighted by molar-refractivity contribution is 7.17. The fraction of sp³-hybridized carbons (Fsp3) is 0.750. The molecule has 0 radical (unpaired) electrons. The van der Waals surface area contributed by atoms with Crippen molar-refractivity contribution in [2.45, 2.75) is 51.6 Å². The molecule has 0 spiro atoms. The van der Waals surface area contributed by atoms with Crippen LogP contribution in [-0.2, 0) is 0 Å². The molecule has 1 saturated carbocycles. The Morgan fingerprint density at radius 1 is 1.41 bits per heavy atom. The van der Waals surface area contributed by atoms with Crippen LogP contribution in [0.25, 0.3) is 0 Å². The quantitative estimate of drug-likeness (QED) is 0.789. The van der Waals surface area contributed by atoms with Crippen molar-refractivity contribution in [3.05, 3.63) is 10.6 Å². The lowest BCUT2D eigenvalue weighted by Crippen LogP contribution is -2.27. The molecule has 1 aromatic heterocycles. The van der Waals surface area contributed by atoms with Crippen molar-refractivity contribution in [2.75, 3.05) is 25.5 Å². The van der Waals surface area contributed by atoms with Crippen LogP contribution in [0.15, 0.2) is 0 Å². The number of aliphatic hydroxyl groups excluding tert-OH is 1. The van der Waals surface area contributed by atoms with E-state index in [-0.39, 0.29) is 12.0 Å². The molecule has 1 amide bonds. The number of hydrogen-bond donors (Lipinski definition) is 2. The third-order valence-corrected chi connectivity index (χ3v) is 5.60. The number of carbonyl (C=O) groups excluding carboxylic acids is 1. The highest BCUT2D eigenvalue weighted by atomic mass is 32.1. The molecule has 1 aliphatic carbocycles. The zero-order valence-electron chi connectivity index (χ0n) is 13.8. The Kier molecular flexibility index (Phi) is 6.20. The summed E-state index contributed by atoms with van der Waals surface area (Å²) in [5.74, 6) is 0.378. The van der Waals surface area contributed by atoms with Gasteiger partial charge in [-0.15, -0.1) is 0 Å². The molecule has 22 heavy (non-hydrogen) atoms. The van der Waals surface area contributed by atoms with E-state index in [1.165, 1.54) is 17.8 Å². The first-order chi connectivity index (χ1) is 10.5. The molecule has 124 valence electrons. The van der Waals surface area contributed by atoms with Gasteiger partial charge in [-0.25, -0.2) is 4.98 Å². The Bertz CT molecular complexity index is 502. The highest BCUT2D eigenvalue weighted by Crippen LogP contribution is 2.28. The lowest BCUT2D eigenvalue weighted by Gasteiger charge is -2.27. The highest BCUT2D eigenvalue weighted by Gasteiger charge is 2.22. The topological polar surface area (TPSA) is 65.5 Å². The maximum atomic E-state index is 12.2. The van der Waals surface area contributed by atoms with Gasteiger partial charge >= 0.3 is 0 Å². The monoisotopic (exact) mass is 325 g/mol. The molecule has 1 aromatic rings. The first-order valence-corrected chi connectivity index (χ1v) is 8.91. The van der Waals surface area contributed by atoms with Gasteiger partial charge in [0, 0.05) is 20.6 Å². The molecular formula is C16H27N3O2S. The summed E-state index contributed by atoms with van der Waals surface area (Å²) >= 11 is 1.42. The SMILES string of the molecule is Cc1nc(N(C)C)sc1C(=O)NCCCC1CCCCC1O. The number of nitrogens with one attached hydrogen (secondary N) is 1. The largest absolute Gasteiger partial charge is 0.393 e. The van der Waals surface area contributed by atoms with Crippen LogP contribution in [0.2, 0.25) is 0 Å². The molecule has 0 aliphatic heterocycles. The summed E-state index contributed by atoms with van der Waals surface area (Å²) < 4.78 is 0. The second kappa shape index (κ2) is 7.92. The van der Waals surface area contributed by atoms with E-state index in [4.69, 9.17) is 0 Å². The van der Waals surface area contributed by atoms with Crippen LogP contribution >= 0.6 is 11.3 Å². The van der Waals surface area contributed by atoms with E-state index < -0.39 is 0 Å². The summed E-state index contributed by atoms with van der Waals surface area (Å²) in [6.45, 7) is 2.54. The second-order valence-corrected chi connectivity index (χ2v) is 7.29. The van der Waals surface area contributed by atoms with Crippen LogP contribution in [0, 0.1) is 12.8 Å². The van der Waals surface area contributed by atoms with Crippen molar-refractivity contribution in [1.29, 1.82) is 0 Å². The normalized spacial score (nSPS) is 21.6. The van der Waals surface area contributed by atoms with Gasteiger partial charge in [-0.2, -0.15) is 0 Å². The minimum Gasteiger partial charge on any atom is -0.393 e. The van der Waals surface area contributed by atoms with Gasteiger partial charge in [-0.1, -0.05) is 24.2 Å². The summed E-state index contributed by atoms with van der Waals surface area (Å²) in [6, 6.07) is 0. The molecule has 0 bridgehead atoms. The maximum absolute atomic E-state index is 12.2. The van der Waals surface area contributed by atoms with Crippen molar-refractivity contribution < 1.29 is 9.90 Å². The standard InChI is InChI=1S/C16H27N3O2S/c1-11-14(22-16(18-11)19(2)3)15(21)17-10-6-8-12-7-4-5-9-13(12)20/h12-13,20H,4-10H2,1-3H3,(H,17,21). The fourth-order valence-electron chi connectivity index (χ4n) is 2.96. The summed E-state index contributed by atoms with van der Waals surface area (Å²) in [6.07, 6.45) is 6.20. The van der Waals surface area contributed by atoms with Crippen molar-refractivity contribution in [1.82, 2.24) is 10.3 Å². The number of rotatable bonds is 6. The predicted octanol–water partition coefficient (Wildman–Crippen LogP) is 2.58. The zero-order chi connectivity index (χ0) is 16.1. The molecule has 1 heterocycles. The first kappa shape index (κ1) is 17.2. The van der Waals surface area contributed by atoms with Gasteiger partial charge < -0.3 is 15.3 Å². The average molecular weight is 325 g/mol. The number of anilines is 1. The Balaban J connectivity index is 1.76. The number of aliphatic hydroxyl groups is 1. The molecule has 0 saturated heterocycles. The van der Waals surface area contributed by atoms with E-state index in [9.17, 15) is 9.90 Å². The molecule has 1 fully saturated rings. The van der Waals surface area contributed by atoms with E-state index in [2.05, 4.69) is 10.3 Å². The van der Waals surface area contributed by atoms with E-state index in [1.54, 1.807) is 0 Å². The summed E-state index contributed by atoms with van der Waals surface area (Å²) in [4.78, 5) is 19.2. The van der Waals surface area contributed by atoms with E-state index in [0.29, 0.717) is 17.3 Å². The smallest absolute Gasteiger partial charge is 0.263 e. The molecule has 2 unspecified atom stereocenters. The van der Waals surface area contributed by atoms with Crippen LogP contribution in [0.5, 0.6) is 0 Å². The maximum Gasteiger partial charge on any atom is 0.263 e. The number of aryl methyl sites for hydroxylation is 1. The molecular weight excluding hydrogens is 298 g/mol. The van der Waals surface area contributed by atoms with Gasteiger partial charge in [0.2, 0.25) is 0 Å². The average Bonchev–Trinajstić information content (AvgIpc) is 2.87. The van der Waals surface area contributed by atoms with Crippen molar-refractivity contribution in [2.24, 2.45) is 5.92 Å². The minimum atomic E-state index is -0.143. The lowest BCUT2D eigenvalue weighted by molar-refractivity contribution is 0.0641. The Labute approximate surface area is 136 Å². The minimum absolute atomic E-state index is 0.0349. The van der Waals surface area contributed by atoms with Crippen molar-refractivity contribution >= 4 is 22.4 Å². The molecule has 1 aliphatic rings. The van der Waals surface area contributed by atoms with Gasteiger partial charge in [-0.3, -0.25) is 4.79 Å². The lowest BCUT2D eigenvalue weighted by atomic mass is 9.83. The Hall–Kier alpha value is -1.14. The van der Waals surface area contributed by atoms with Crippen LogP contribution in [-0.4, -0.2) is 42.7 Å². The first-order valence-electron chi connectivity index (χ1n) is 8.10. The van der Waals surface area contributed by atoms with Gasteiger partial charge in [0.1, 0.15) is 4.88 Å². The fourth-order valence-corrected chi connectivity index (χ4v) is 3.86. The Morgan fingerprint density at radius 2 is 2.14 bits per heavy atom. The van der Waals surface area contributed by atoms with Gasteiger partial charge in [0.15, 0.2) is 5.13 Å². The predicted molar refractivity (Wildman–Crippen MR) is 90.7 cm³/mol. The van der Waals surface area contributed by atoms with Gasteiger partial charge in [0.25, 0.3) is 5.91 Å². The van der Waals surface area contributed by atoms with E-state index in [0.717, 1.165) is 42.9 Å². The number of amides is 1. The number of hydrogen-bond acceptors (Lipinski definition) is 5. The van der Waals surface area contributed by atoms with E-state index >= 15 is 0 Å². The van der Waals surface area contributed by atoms with Crippen LogP contribution in [0.3, 0.4) is 0 Å². The summed E-state index contributed by atoms with van der Waals surface area (Å²) in [5, 5.41) is 13.8. The molecule has 5 nitrogen and oxygen atoms in total. The summed E-state index contributed by atoms with van der Waals surface area (Å²) in [5.41, 5.74) is 0.786. The van der Waals surface area contributed by atoms with Gasteiger partial charge in [-0.05, 0) is 38.5 Å². The Morgan fingerprint density at radius 3 is 2.77 bits per heavy atom. The van der Waals surface area contributed by atoms with Crippen LogP contribution < -0.4 is 10.2 Å². The third-order valence-electron chi connectivity index (χ3n) is 4.28. The molecule has 2 N–H and O–H groups in total. The van der Waals surface area contributed by atoms with E-state index in [1.807, 2.05) is 25.9 Å². The number of carbonyl (C=O) groups is 1. The van der Waals surface area contributed by atoms with Crippen LogP contribution in [0.1, 0.15) is 53.9 Å². The molecule has 0 aromatic carbocycles. The van der Waals surface area contributed by atoms with Gasteiger partial charge in [0.05, 0.1) is 11.8 Å². The molecule has 2 rings (SSSR count). The zero-order valence-corrected chi connectivity index (χ0v) is 14.6. The molecule has 6 heteroatoms. The number of aromatic nitrogens is 1. The second-order valence-electron chi connectivity index (χ2n) is 6.32.